The summed E-state index contributed by atoms with van der Waals surface area (Å²) < 4.78 is 132. The average Bonchev–Trinajstić information content (AvgIpc) is 3.36. The van der Waals surface area contributed by atoms with E-state index in [1.54, 1.807) is 11.0 Å². The van der Waals surface area contributed by atoms with Gasteiger partial charge in [0.2, 0.25) is 5.69 Å². The van der Waals surface area contributed by atoms with Crippen molar-refractivity contribution in [2.24, 2.45) is 0 Å². The van der Waals surface area contributed by atoms with Crippen LogP contribution in [0.1, 0.15) is 70.1 Å². The molecule has 19 heteroatoms. The Morgan fingerprint density at radius 3 is 1.80 bits per heavy atom. The molecule has 0 bridgehead atoms. The summed E-state index contributed by atoms with van der Waals surface area (Å²) in [7, 11) is -16.9. The van der Waals surface area contributed by atoms with Crippen molar-refractivity contribution in [1.82, 2.24) is 0 Å². The first-order chi connectivity index (χ1) is 25.2. The van der Waals surface area contributed by atoms with Crippen LogP contribution in [0.5, 0.6) is 0 Å². The lowest BCUT2D eigenvalue weighted by Crippen LogP contribution is -2.30. The highest BCUT2D eigenvalue weighted by molar-refractivity contribution is 7.86. The zero-order chi connectivity index (χ0) is 41.2. The van der Waals surface area contributed by atoms with Gasteiger partial charge in [-0.2, -0.15) is 38.2 Å². The van der Waals surface area contributed by atoms with Gasteiger partial charge in [0.25, 0.3) is 40.5 Å². The third-order valence-corrected chi connectivity index (χ3v) is 13.2. The molecule has 4 rings (SSSR count). The highest BCUT2D eigenvalue weighted by atomic mass is 32.2. The van der Waals surface area contributed by atoms with Crippen molar-refractivity contribution in [3.05, 3.63) is 77.0 Å². The molecule has 55 heavy (non-hydrogen) atoms. The van der Waals surface area contributed by atoms with E-state index >= 15 is 0 Å². The van der Waals surface area contributed by atoms with Crippen LogP contribution in [0.15, 0.2) is 60.3 Å². The number of hydrogen-bond donors (Lipinski definition) is 4. The van der Waals surface area contributed by atoms with Crippen molar-refractivity contribution in [2.45, 2.75) is 71.1 Å². The minimum absolute atomic E-state index is 0.0499. The number of nitrogens with zero attached hydrogens (tertiary/aromatic N) is 3. The zero-order valence-corrected chi connectivity index (χ0v) is 35.0. The molecule has 0 spiro atoms. The third-order valence-electron chi connectivity index (χ3n) is 10.0. The summed E-state index contributed by atoms with van der Waals surface area (Å²) in [6, 6.07) is 11.6. The Bertz CT molecular complexity index is 2280. The molecule has 0 saturated heterocycles. The Hall–Kier alpha value is -3.17. The molecule has 0 aromatic heterocycles. The monoisotopic (exact) mass is 846 g/mol. The van der Waals surface area contributed by atoms with E-state index in [4.69, 9.17) is 0 Å². The second kappa shape index (κ2) is 16.7. The molecule has 4 N–H and O–H groups in total. The maximum absolute atomic E-state index is 11.7. The molecule has 0 radical (unpaired) electrons. The van der Waals surface area contributed by atoms with Crippen molar-refractivity contribution in [3.63, 3.8) is 0 Å². The topological polar surface area (TPSA) is 227 Å². The van der Waals surface area contributed by atoms with E-state index in [0.29, 0.717) is 12.2 Å². The highest BCUT2D eigenvalue weighted by Gasteiger charge is 2.45. The molecular formula is C36H52N3O12S4+. The summed E-state index contributed by atoms with van der Waals surface area (Å²) in [5, 5.41) is 0. The molecular weight excluding hydrogens is 795 g/mol. The Balaban J connectivity index is 1.76. The van der Waals surface area contributed by atoms with Gasteiger partial charge in [-0.3, -0.25) is 18.2 Å². The van der Waals surface area contributed by atoms with Gasteiger partial charge in [-0.15, -0.1) is 0 Å². The van der Waals surface area contributed by atoms with E-state index in [0.717, 1.165) is 39.5 Å². The van der Waals surface area contributed by atoms with Crippen LogP contribution >= 0.6 is 0 Å². The maximum Gasteiger partial charge on any atom is 0.265 e. The molecule has 15 nitrogen and oxygen atoms in total. The van der Waals surface area contributed by atoms with Gasteiger partial charge in [0, 0.05) is 66.2 Å². The lowest BCUT2D eigenvalue weighted by Gasteiger charge is -2.27. The number of allylic oxidation sites excluding steroid dienone is 4. The largest absolute Gasteiger partial charge is 0.371 e. The first-order valence-corrected chi connectivity index (χ1v) is 24.3. The second-order valence-corrected chi connectivity index (χ2v) is 21.4. The Labute approximate surface area is 325 Å². The average molecular weight is 847 g/mol. The maximum atomic E-state index is 11.7. The van der Waals surface area contributed by atoms with Crippen molar-refractivity contribution >= 4 is 63.2 Å². The van der Waals surface area contributed by atoms with E-state index in [2.05, 4.69) is 24.8 Å². The van der Waals surface area contributed by atoms with Gasteiger partial charge in [0.1, 0.15) is 6.54 Å². The van der Waals surface area contributed by atoms with Crippen LogP contribution in [0.25, 0.3) is 0 Å². The predicted molar refractivity (Wildman–Crippen MR) is 214 cm³/mol. The Kier molecular flexibility index (Phi) is 13.6. The fourth-order valence-electron chi connectivity index (χ4n) is 7.42. The first kappa shape index (κ1) is 44.5. The molecule has 306 valence electrons. The standard InChI is InChI=1S/C36H51N3O12S4/c1-27-13-15-31-29(25-27)35(2,3)33(38(31)19-9-23-54(46,47)48)11-6-12-34-36(4,5)30-26-28(14-16-32(30)39(34)20-10-24-55(49,50)51)37(17-7-21-52(40,41)42)18-8-22-53(43,44)45/h6,11-16,25-26H,7-10,17-24H2,1-5H3,(H3-,40,41,42,43,44,45,46,47,48,49,50,51)/p+1. The highest BCUT2D eigenvalue weighted by Crippen LogP contribution is 2.48. The van der Waals surface area contributed by atoms with Crippen molar-refractivity contribution in [3.8, 4) is 0 Å². The van der Waals surface area contributed by atoms with Crippen LogP contribution in [0, 0.1) is 6.92 Å². The molecule has 0 unspecified atom stereocenters. The number of aryl methyl sites for hydroxylation is 1. The van der Waals surface area contributed by atoms with Gasteiger partial charge in [-0.05, 0) is 69.9 Å². The van der Waals surface area contributed by atoms with Crippen molar-refractivity contribution in [2.75, 3.05) is 59.0 Å². The molecule has 0 atom stereocenters. The van der Waals surface area contributed by atoms with Crippen LogP contribution in [0.3, 0.4) is 0 Å². The second-order valence-electron chi connectivity index (χ2n) is 15.1. The van der Waals surface area contributed by atoms with Crippen LogP contribution in [0.4, 0.5) is 17.1 Å². The summed E-state index contributed by atoms with van der Waals surface area (Å²) >= 11 is 0. The van der Waals surface area contributed by atoms with Crippen molar-refractivity contribution < 1.29 is 56.5 Å². The third kappa shape index (κ3) is 11.9. The van der Waals surface area contributed by atoms with Crippen LogP contribution < -0.4 is 9.80 Å². The van der Waals surface area contributed by atoms with E-state index < -0.39 is 74.3 Å². The lowest BCUT2D eigenvalue weighted by molar-refractivity contribution is -0.437. The molecule has 2 aromatic rings. The summed E-state index contributed by atoms with van der Waals surface area (Å²) in [6.45, 7) is 11.0. The summed E-state index contributed by atoms with van der Waals surface area (Å²) in [5.41, 5.74) is 5.87. The molecule has 0 amide bonds. The van der Waals surface area contributed by atoms with E-state index in [9.17, 15) is 51.9 Å². The van der Waals surface area contributed by atoms with Crippen LogP contribution in [-0.4, -0.2) is 111 Å². The SMILES string of the molecule is Cc1ccc2c(c1)C(C)(C)/C(=C\C=C\C1=[N+](CCCS(=O)(=O)O)c3ccc(N(CCCS(=O)(=O)O)CCCS(=O)(=O)O)cc3C1(C)C)N2CCCS(=O)(=O)O. The fraction of sp³-hybridized carbons (Fsp3) is 0.528. The Morgan fingerprint density at radius 1 is 0.691 bits per heavy atom. The quantitative estimate of drug-likeness (QED) is 0.113. The lowest BCUT2D eigenvalue weighted by atomic mass is 9.81. The zero-order valence-electron chi connectivity index (χ0n) is 31.7. The predicted octanol–water partition coefficient (Wildman–Crippen LogP) is 4.53. The van der Waals surface area contributed by atoms with Gasteiger partial charge in [0.05, 0.1) is 28.4 Å². The number of fused-ring (bicyclic) bond motifs is 2. The Morgan fingerprint density at radius 2 is 1.24 bits per heavy atom. The van der Waals surface area contributed by atoms with Crippen molar-refractivity contribution in [1.29, 1.82) is 0 Å². The van der Waals surface area contributed by atoms with Gasteiger partial charge in [0.15, 0.2) is 5.71 Å². The minimum atomic E-state index is -4.24. The summed E-state index contributed by atoms with van der Waals surface area (Å²) in [5.74, 6) is -1.86. The summed E-state index contributed by atoms with van der Waals surface area (Å²) in [4.78, 5) is 3.84. The molecule has 2 aliphatic heterocycles. The van der Waals surface area contributed by atoms with Crippen LogP contribution in [-0.2, 0) is 51.3 Å². The molecule has 0 saturated carbocycles. The number of benzene rings is 2. The molecule has 0 fully saturated rings. The van der Waals surface area contributed by atoms with E-state index in [-0.39, 0.29) is 45.3 Å². The first-order valence-electron chi connectivity index (χ1n) is 17.8. The van der Waals surface area contributed by atoms with Gasteiger partial charge in [-0.25, -0.2) is 0 Å². The fourth-order valence-corrected chi connectivity index (χ4v) is 9.39. The normalized spacial score (nSPS) is 17.7. The van der Waals surface area contributed by atoms with Gasteiger partial charge in [-0.1, -0.05) is 37.6 Å². The molecule has 0 aliphatic carbocycles. The molecule has 2 aliphatic rings. The summed E-state index contributed by atoms with van der Waals surface area (Å²) in [6.07, 6.45) is 6.18. The minimum Gasteiger partial charge on any atom is -0.371 e. The van der Waals surface area contributed by atoms with Crippen LogP contribution in [0.2, 0.25) is 0 Å². The van der Waals surface area contributed by atoms with E-state index in [1.807, 2.05) is 67.8 Å². The number of hydrogen-bond acceptors (Lipinski definition) is 10. The number of rotatable bonds is 19. The van der Waals surface area contributed by atoms with E-state index in [1.165, 1.54) is 0 Å². The molecule has 2 aromatic carbocycles. The smallest absolute Gasteiger partial charge is 0.265 e. The van der Waals surface area contributed by atoms with Gasteiger partial charge >= 0.3 is 0 Å². The molecule has 2 heterocycles. The number of anilines is 2. The van der Waals surface area contributed by atoms with Gasteiger partial charge < -0.3 is 9.80 Å².